The average molecular weight is 1350 g/mol. The summed E-state index contributed by atoms with van der Waals surface area (Å²) in [6.45, 7) is 3.63. The summed E-state index contributed by atoms with van der Waals surface area (Å²) in [6, 6.07) is 25.1. The van der Waals surface area contributed by atoms with Crippen LogP contribution in [0.15, 0.2) is 187 Å². The predicted molar refractivity (Wildman–Crippen MR) is 327 cm³/mol. The topological polar surface area (TPSA) is 491 Å². The molecule has 8 aromatic rings. The number of carbonyl (C=O) groups excluding carboxylic acids is 4. The molecule has 0 aliphatic carbocycles. The Morgan fingerprint density at radius 2 is 0.367 bits per heavy atom. The molecule has 0 bridgehead atoms. The molecule has 0 unspecified atom stereocenters. The maximum absolute atomic E-state index is 13.3. The molecule has 8 aromatic carbocycles. The second-order valence-electron chi connectivity index (χ2n) is 19.2. The number of anilines is 8. The molecular weight excluding hydrogens is 1310 g/mol. The number of hydrogen-bond donors (Lipinski definition) is 14. The summed E-state index contributed by atoms with van der Waals surface area (Å²) < 4.78 is 214. The molecule has 0 saturated carbocycles. The quantitative estimate of drug-likeness (QED) is 0.0377. The van der Waals surface area contributed by atoms with E-state index in [0.29, 0.717) is 35.6 Å². The average Bonchev–Trinajstić information content (AvgIpc) is 0.908. The molecular formula is C54H46N8O22S6. The number of urea groups is 4. The third-order valence-corrected chi connectivity index (χ3v) is 18.0. The standard InChI is InChI=1S/C54H46N8O22S6/c1-29-3-7-31(8-4-29)55-51(63)57-33-11-17-39(45(23-33)85(67,68)69)41-19-13-35(25-47(41)87(73,74)75)59-53(65)61-37-15-21-43(49(27-37)89(79,80)81)44-22-16-38(28-50(44)90(82,83)84)62-54(66)60-36-14-20-42(48(26-36)88(76,77)78)40-18-12-34(24-46(40)86(70,71)72)58-52(64)56-32-9-5-30(2)6-10-32/h3-28H,1-2H3,(H2,55,57,63)(H2,56,58,64)(H2,59,61,65)(H2,60,62,66)(H,67,68,69)(H,70,71,72)(H,73,74,75)(H,76,77,78)(H,79,80,81)(H,82,83,84). The van der Waals surface area contributed by atoms with Crippen LogP contribution in [0.1, 0.15) is 11.1 Å². The molecule has 8 rings (SSSR count). The summed E-state index contributed by atoms with van der Waals surface area (Å²) in [4.78, 5) is 45.9. The summed E-state index contributed by atoms with van der Waals surface area (Å²) in [5, 5.41) is 18.6. The Bertz CT molecular complexity index is 4680. The molecule has 0 fully saturated rings. The van der Waals surface area contributed by atoms with Gasteiger partial charge in [0.05, 0.1) is 0 Å². The summed E-state index contributed by atoms with van der Waals surface area (Å²) in [5.41, 5.74) is -2.92. The van der Waals surface area contributed by atoms with Gasteiger partial charge in [-0.2, -0.15) is 50.5 Å². The van der Waals surface area contributed by atoms with Gasteiger partial charge in [-0.1, -0.05) is 71.8 Å². The molecule has 0 heterocycles. The summed E-state index contributed by atoms with van der Waals surface area (Å²) >= 11 is 0. The minimum absolute atomic E-state index is 0.187. The van der Waals surface area contributed by atoms with E-state index in [1.807, 2.05) is 13.8 Å². The largest absolute Gasteiger partial charge is 0.323 e. The zero-order valence-corrected chi connectivity index (χ0v) is 50.6. The van der Waals surface area contributed by atoms with Crippen molar-refractivity contribution in [1.29, 1.82) is 0 Å². The fraction of sp³-hybridized carbons (Fsp3) is 0.0370. The fourth-order valence-corrected chi connectivity index (χ4v) is 13.1. The number of rotatable bonds is 17. The van der Waals surface area contributed by atoms with E-state index in [-0.39, 0.29) is 11.4 Å². The third kappa shape index (κ3) is 16.5. The maximum atomic E-state index is 13.3. The van der Waals surface area contributed by atoms with Gasteiger partial charge in [0.25, 0.3) is 60.7 Å². The lowest BCUT2D eigenvalue weighted by Gasteiger charge is -2.16. The molecule has 30 nitrogen and oxygen atoms in total. The number of aryl methyl sites for hydroxylation is 2. The first-order valence-electron chi connectivity index (χ1n) is 25.0. The van der Waals surface area contributed by atoms with E-state index < -0.39 is 170 Å². The molecule has 8 amide bonds. The highest BCUT2D eigenvalue weighted by Crippen LogP contribution is 2.40. The number of nitrogens with one attached hydrogen (secondary N) is 8. The highest BCUT2D eigenvalue weighted by molar-refractivity contribution is 7.87. The van der Waals surface area contributed by atoms with E-state index in [4.69, 9.17) is 0 Å². The van der Waals surface area contributed by atoms with E-state index in [1.165, 1.54) is 0 Å². The van der Waals surface area contributed by atoms with E-state index in [0.717, 1.165) is 96.1 Å². The lowest BCUT2D eigenvalue weighted by molar-refractivity contribution is 0.261. The van der Waals surface area contributed by atoms with Crippen molar-refractivity contribution in [3.8, 4) is 33.4 Å². The third-order valence-electron chi connectivity index (χ3n) is 12.6. The van der Waals surface area contributed by atoms with Gasteiger partial charge in [0.1, 0.15) is 29.4 Å². The van der Waals surface area contributed by atoms with Gasteiger partial charge in [0.15, 0.2) is 0 Å². The van der Waals surface area contributed by atoms with Crippen molar-refractivity contribution in [1.82, 2.24) is 0 Å². The number of benzene rings is 8. The smallest absolute Gasteiger partial charge is 0.308 e. The van der Waals surface area contributed by atoms with Gasteiger partial charge in [-0.25, -0.2) is 19.2 Å². The molecule has 36 heteroatoms. The van der Waals surface area contributed by atoms with Crippen molar-refractivity contribution in [2.24, 2.45) is 0 Å². The number of amides is 8. The Hall–Kier alpha value is -9.70. The molecule has 0 saturated heterocycles. The molecule has 14 N–H and O–H groups in total. The summed E-state index contributed by atoms with van der Waals surface area (Å²) in [7, 11) is -31.8. The van der Waals surface area contributed by atoms with Crippen LogP contribution in [0, 0.1) is 13.8 Å². The minimum Gasteiger partial charge on any atom is -0.308 e. The van der Waals surface area contributed by atoms with Crippen molar-refractivity contribution < 1.29 is 97.0 Å². The zero-order chi connectivity index (χ0) is 66.1. The lowest BCUT2D eigenvalue weighted by Crippen LogP contribution is -2.20. The van der Waals surface area contributed by atoms with Crippen molar-refractivity contribution in [2.75, 3.05) is 42.5 Å². The number of hydrogen-bond acceptors (Lipinski definition) is 16. The van der Waals surface area contributed by atoms with Crippen LogP contribution in [-0.2, 0) is 60.7 Å². The lowest BCUT2D eigenvalue weighted by atomic mass is 10.0. The van der Waals surface area contributed by atoms with Crippen molar-refractivity contribution in [3.05, 3.63) is 169 Å². The molecule has 90 heavy (non-hydrogen) atoms. The van der Waals surface area contributed by atoms with Crippen molar-refractivity contribution >= 4 is 130 Å². The van der Waals surface area contributed by atoms with Crippen LogP contribution in [0.2, 0.25) is 0 Å². The van der Waals surface area contributed by atoms with Crippen LogP contribution >= 0.6 is 0 Å². The highest BCUT2D eigenvalue weighted by Gasteiger charge is 2.29. The summed E-state index contributed by atoms with van der Waals surface area (Å²) in [5.74, 6) is 0. The van der Waals surface area contributed by atoms with Gasteiger partial charge < -0.3 is 42.5 Å². The van der Waals surface area contributed by atoms with E-state index in [2.05, 4.69) is 42.5 Å². The number of carbonyl (C=O) groups is 4. The van der Waals surface area contributed by atoms with Gasteiger partial charge in [-0.05, 0) is 111 Å². The Morgan fingerprint density at radius 1 is 0.233 bits per heavy atom. The highest BCUT2D eigenvalue weighted by atomic mass is 32.2. The normalized spacial score (nSPS) is 12.0. The van der Waals surface area contributed by atoms with Crippen molar-refractivity contribution in [2.45, 2.75) is 43.2 Å². The Morgan fingerprint density at radius 3 is 0.511 bits per heavy atom. The molecule has 0 aliphatic heterocycles. The fourth-order valence-electron chi connectivity index (χ4n) is 8.66. The van der Waals surface area contributed by atoms with Crippen LogP contribution in [0.3, 0.4) is 0 Å². The van der Waals surface area contributed by atoms with Gasteiger partial charge in [-0.15, -0.1) is 0 Å². The molecule has 0 aliphatic rings. The Balaban J connectivity index is 0.999. The van der Waals surface area contributed by atoms with Crippen LogP contribution in [-0.4, -0.2) is 102 Å². The molecule has 0 spiro atoms. The molecule has 0 atom stereocenters. The van der Waals surface area contributed by atoms with Crippen LogP contribution in [0.5, 0.6) is 0 Å². The van der Waals surface area contributed by atoms with E-state index in [9.17, 15) is 97.0 Å². The zero-order valence-electron chi connectivity index (χ0n) is 45.7. The second kappa shape index (κ2) is 25.4. The van der Waals surface area contributed by atoms with Crippen LogP contribution in [0.4, 0.5) is 64.7 Å². The first kappa shape index (κ1) is 66.3. The SMILES string of the molecule is Cc1ccc(NC(=O)Nc2ccc(-c3ccc(NC(=O)Nc4ccc(-c5ccc(NC(=O)Nc6ccc(-c7ccc(NC(=O)Nc8ccc(C)cc8)cc7S(=O)(=O)O)c(S(=O)(=O)O)c6)cc5S(=O)(=O)O)c(S(=O)(=O)O)c4)cc3S(=O)(=O)O)c(S(=O)(=O)O)c2)cc1. The first-order chi connectivity index (χ1) is 41.8. The monoisotopic (exact) mass is 1350 g/mol. The second-order valence-corrected chi connectivity index (χ2v) is 27.5. The van der Waals surface area contributed by atoms with Crippen molar-refractivity contribution in [3.63, 3.8) is 0 Å². The first-order valence-corrected chi connectivity index (χ1v) is 33.6. The van der Waals surface area contributed by atoms with Crippen LogP contribution < -0.4 is 42.5 Å². The molecule has 0 aromatic heterocycles. The van der Waals surface area contributed by atoms with Gasteiger partial charge in [0, 0.05) is 78.9 Å². The molecule has 0 radical (unpaired) electrons. The van der Waals surface area contributed by atoms with Gasteiger partial charge in [0.2, 0.25) is 0 Å². The van der Waals surface area contributed by atoms with Crippen LogP contribution in [0.25, 0.3) is 33.4 Å². The minimum atomic E-state index is -5.40. The maximum Gasteiger partial charge on any atom is 0.323 e. The Labute approximate surface area is 512 Å². The van der Waals surface area contributed by atoms with E-state index in [1.54, 1.807) is 48.5 Å². The Kier molecular flexibility index (Phi) is 18.7. The summed E-state index contributed by atoms with van der Waals surface area (Å²) in [6.07, 6.45) is 0. The predicted octanol–water partition coefficient (Wildman–Crippen LogP) is 9.36. The van der Waals surface area contributed by atoms with E-state index >= 15 is 0 Å². The molecule has 470 valence electrons. The van der Waals surface area contributed by atoms with Gasteiger partial charge in [-0.3, -0.25) is 27.3 Å². The van der Waals surface area contributed by atoms with Gasteiger partial charge >= 0.3 is 24.1 Å².